The van der Waals surface area contributed by atoms with E-state index < -0.39 is 28.4 Å². The van der Waals surface area contributed by atoms with E-state index in [2.05, 4.69) is 15.0 Å². The molecule has 0 bridgehead atoms. The van der Waals surface area contributed by atoms with E-state index in [1.165, 1.54) is 17.1 Å². The highest BCUT2D eigenvalue weighted by atomic mass is 32.2. The van der Waals surface area contributed by atoms with Gasteiger partial charge in [0.15, 0.2) is 5.03 Å². The van der Waals surface area contributed by atoms with Crippen LogP contribution in [0.25, 0.3) is 0 Å². The number of carbonyl (C=O) groups is 2. The highest BCUT2D eigenvalue weighted by molar-refractivity contribution is 7.89. The molecule has 0 spiro atoms. The van der Waals surface area contributed by atoms with Crippen molar-refractivity contribution in [2.75, 3.05) is 11.9 Å². The fourth-order valence-electron chi connectivity index (χ4n) is 2.02. The lowest BCUT2D eigenvalue weighted by Gasteiger charge is -2.08. The molecule has 0 saturated heterocycles. The van der Waals surface area contributed by atoms with Gasteiger partial charge in [0.05, 0.1) is 12.9 Å². The van der Waals surface area contributed by atoms with Crippen molar-refractivity contribution in [2.24, 2.45) is 7.05 Å². The third-order valence-corrected chi connectivity index (χ3v) is 4.50. The number of hydrogen-bond donors (Lipinski definition) is 3. The normalized spacial score (nSPS) is 11.2. The molecule has 1 aromatic carbocycles. The summed E-state index contributed by atoms with van der Waals surface area (Å²) in [6, 6.07) is 6.72. The number of hydrogen-bond acceptors (Lipinski definition) is 5. The number of amides is 1. The zero-order chi connectivity index (χ0) is 18.4. The fraction of sp³-hybridized carbons (Fsp3) is 0.267. The van der Waals surface area contributed by atoms with E-state index in [-0.39, 0.29) is 11.4 Å². The van der Waals surface area contributed by atoms with Crippen LogP contribution < -0.4 is 10.0 Å². The quantitative estimate of drug-likeness (QED) is 0.618. The molecule has 1 aromatic heterocycles. The zero-order valence-corrected chi connectivity index (χ0v) is 14.3. The molecule has 25 heavy (non-hydrogen) atoms. The number of nitrogens with one attached hydrogen (secondary N) is 2. The largest absolute Gasteiger partial charge is 0.481 e. The van der Waals surface area contributed by atoms with Crippen LogP contribution >= 0.6 is 0 Å². The molecule has 10 heteroatoms. The number of aromatic nitrogens is 2. The maximum atomic E-state index is 12.0. The predicted molar refractivity (Wildman–Crippen MR) is 89.4 cm³/mol. The van der Waals surface area contributed by atoms with Gasteiger partial charge in [-0.05, 0) is 24.1 Å². The number of sulfonamides is 1. The monoisotopic (exact) mass is 366 g/mol. The van der Waals surface area contributed by atoms with Gasteiger partial charge in [-0.1, -0.05) is 12.1 Å². The molecule has 2 aromatic rings. The predicted octanol–water partition coefficient (Wildman–Crippen LogP) is 0.354. The lowest BCUT2D eigenvalue weighted by Crippen LogP contribution is -2.33. The number of nitrogens with zero attached hydrogens (tertiary/aromatic N) is 2. The van der Waals surface area contributed by atoms with Gasteiger partial charge in [0.2, 0.25) is 5.91 Å². The molecule has 0 saturated carbocycles. The van der Waals surface area contributed by atoms with Gasteiger partial charge in [0.1, 0.15) is 0 Å². The summed E-state index contributed by atoms with van der Waals surface area (Å²) in [5.74, 6) is -1.45. The van der Waals surface area contributed by atoms with Crippen molar-refractivity contribution in [3.05, 3.63) is 42.4 Å². The minimum atomic E-state index is -3.86. The van der Waals surface area contributed by atoms with E-state index in [1.54, 1.807) is 31.3 Å². The van der Waals surface area contributed by atoms with E-state index in [4.69, 9.17) is 5.11 Å². The molecule has 0 aliphatic heterocycles. The summed E-state index contributed by atoms with van der Waals surface area (Å²) in [5.41, 5.74) is 1.22. The Bertz CT molecular complexity index is 876. The smallest absolute Gasteiger partial charge is 0.303 e. The minimum absolute atomic E-state index is 0.0126. The summed E-state index contributed by atoms with van der Waals surface area (Å²) in [5, 5.41) is 11.1. The van der Waals surface area contributed by atoms with Gasteiger partial charge >= 0.3 is 5.97 Å². The number of aliphatic carboxylic acids is 1. The van der Waals surface area contributed by atoms with Crippen LogP contribution in [0.4, 0.5) is 5.69 Å². The third kappa shape index (κ3) is 5.69. The number of anilines is 1. The molecule has 0 unspecified atom stereocenters. The van der Waals surface area contributed by atoms with Gasteiger partial charge < -0.3 is 15.0 Å². The molecule has 0 aliphatic carbocycles. The summed E-state index contributed by atoms with van der Waals surface area (Å²) in [4.78, 5) is 26.2. The van der Waals surface area contributed by atoms with Crippen molar-refractivity contribution < 1.29 is 23.1 Å². The molecular weight excluding hydrogens is 348 g/mol. The second kappa shape index (κ2) is 7.90. The first-order valence-electron chi connectivity index (χ1n) is 7.34. The number of carbonyl (C=O) groups excluding carboxylic acids is 1. The molecule has 0 aliphatic rings. The number of aryl methyl sites for hydroxylation is 2. The Morgan fingerprint density at radius 1 is 1.32 bits per heavy atom. The number of imidazole rings is 1. The molecule has 9 nitrogen and oxygen atoms in total. The Hall–Kier alpha value is -2.72. The maximum absolute atomic E-state index is 12.0. The molecule has 2 rings (SSSR count). The standard InChI is InChI=1S/C15H18N4O5S/c1-19-9-14(16-10-19)25(23,24)17-8-13(20)18-12-4-2-3-11(7-12)5-6-15(21)22/h2-4,7,9-10,17H,5-6,8H2,1H3,(H,18,20)(H,21,22). The topological polar surface area (TPSA) is 130 Å². The second-order valence-corrected chi connectivity index (χ2v) is 7.06. The van der Waals surface area contributed by atoms with E-state index in [9.17, 15) is 18.0 Å². The van der Waals surface area contributed by atoms with Crippen LogP contribution in [0.3, 0.4) is 0 Å². The maximum Gasteiger partial charge on any atom is 0.303 e. The van der Waals surface area contributed by atoms with Gasteiger partial charge in [-0.3, -0.25) is 9.59 Å². The second-order valence-electron chi connectivity index (χ2n) is 5.34. The Labute approximate surface area is 144 Å². The zero-order valence-electron chi connectivity index (χ0n) is 13.5. The van der Waals surface area contributed by atoms with Crippen molar-refractivity contribution in [1.29, 1.82) is 0 Å². The highest BCUT2D eigenvalue weighted by Crippen LogP contribution is 2.12. The van der Waals surface area contributed by atoms with Crippen molar-refractivity contribution in [3.63, 3.8) is 0 Å². The number of carboxylic acid groups (broad SMARTS) is 1. The van der Waals surface area contributed by atoms with E-state index in [0.717, 1.165) is 5.56 Å². The van der Waals surface area contributed by atoms with Crippen LogP contribution in [-0.2, 0) is 33.1 Å². The lowest BCUT2D eigenvalue weighted by molar-refractivity contribution is -0.137. The van der Waals surface area contributed by atoms with Gasteiger partial charge in [-0.25, -0.2) is 18.1 Å². The van der Waals surface area contributed by atoms with E-state index >= 15 is 0 Å². The van der Waals surface area contributed by atoms with Crippen LogP contribution in [0.1, 0.15) is 12.0 Å². The van der Waals surface area contributed by atoms with Gasteiger partial charge in [0, 0.05) is 25.4 Å². The molecule has 0 radical (unpaired) electrons. The molecule has 3 N–H and O–H groups in total. The highest BCUT2D eigenvalue weighted by Gasteiger charge is 2.18. The van der Waals surface area contributed by atoms with Crippen molar-refractivity contribution in [3.8, 4) is 0 Å². The summed E-state index contributed by atoms with van der Waals surface area (Å²) in [6.45, 7) is -0.446. The Kier molecular flexibility index (Phi) is 5.88. The molecule has 1 amide bonds. The summed E-state index contributed by atoms with van der Waals surface area (Å²) in [7, 11) is -2.23. The summed E-state index contributed by atoms with van der Waals surface area (Å²) < 4.78 is 27.6. The van der Waals surface area contributed by atoms with Crippen LogP contribution in [0.2, 0.25) is 0 Å². The van der Waals surface area contributed by atoms with Crippen molar-refractivity contribution in [1.82, 2.24) is 14.3 Å². The Balaban J connectivity index is 1.92. The number of carboxylic acids is 1. The minimum Gasteiger partial charge on any atom is -0.481 e. The first-order valence-corrected chi connectivity index (χ1v) is 8.83. The molecule has 1 heterocycles. The van der Waals surface area contributed by atoms with Crippen LogP contribution in [0.5, 0.6) is 0 Å². The molecular formula is C15H18N4O5S. The summed E-state index contributed by atoms with van der Waals surface area (Å²) >= 11 is 0. The van der Waals surface area contributed by atoms with Gasteiger partial charge in [-0.15, -0.1) is 0 Å². The Morgan fingerprint density at radius 2 is 2.08 bits per heavy atom. The lowest BCUT2D eigenvalue weighted by atomic mass is 10.1. The fourth-order valence-corrected chi connectivity index (χ4v) is 2.98. The number of rotatable bonds is 8. The average molecular weight is 366 g/mol. The summed E-state index contributed by atoms with van der Waals surface area (Å²) in [6.07, 6.45) is 3.00. The first-order chi connectivity index (χ1) is 11.8. The average Bonchev–Trinajstić information content (AvgIpc) is 2.99. The van der Waals surface area contributed by atoms with Crippen molar-refractivity contribution >= 4 is 27.6 Å². The van der Waals surface area contributed by atoms with E-state index in [0.29, 0.717) is 12.1 Å². The van der Waals surface area contributed by atoms with Crippen LogP contribution in [-0.4, -0.2) is 41.5 Å². The van der Waals surface area contributed by atoms with Crippen LogP contribution in [0, 0.1) is 0 Å². The van der Waals surface area contributed by atoms with Gasteiger partial charge in [0.25, 0.3) is 10.0 Å². The Morgan fingerprint density at radius 3 is 2.72 bits per heavy atom. The first kappa shape index (κ1) is 18.6. The van der Waals surface area contributed by atoms with Crippen molar-refractivity contribution in [2.45, 2.75) is 17.9 Å². The molecule has 0 atom stereocenters. The van der Waals surface area contributed by atoms with E-state index in [1.807, 2.05) is 0 Å². The third-order valence-electron chi connectivity index (χ3n) is 3.22. The van der Waals surface area contributed by atoms with Gasteiger partial charge in [-0.2, -0.15) is 0 Å². The molecule has 134 valence electrons. The van der Waals surface area contributed by atoms with Crippen LogP contribution in [0.15, 0.2) is 41.8 Å². The number of benzene rings is 1. The molecule has 0 fully saturated rings. The SMILES string of the molecule is Cn1cnc(S(=O)(=O)NCC(=O)Nc2cccc(CCC(=O)O)c2)c1.